The van der Waals surface area contributed by atoms with Crippen LogP contribution in [0.25, 0.3) is 0 Å². The van der Waals surface area contributed by atoms with Gasteiger partial charge < -0.3 is 5.32 Å². The third-order valence-corrected chi connectivity index (χ3v) is 4.60. The molecule has 2 rings (SSSR count). The molecule has 0 heterocycles. The molecule has 1 aliphatic rings. The third-order valence-electron chi connectivity index (χ3n) is 4.27. The Hall–Kier alpha value is -0.530. The normalized spacial score (nSPS) is 26.9. The molecule has 1 fully saturated rings. The van der Waals surface area contributed by atoms with Crippen molar-refractivity contribution in [3.63, 3.8) is 0 Å². The van der Waals surface area contributed by atoms with Gasteiger partial charge in [-0.25, -0.2) is 0 Å². The quantitative estimate of drug-likeness (QED) is 0.752. The van der Waals surface area contributed by atoms with Crippen LogP contribution in [0, 0.1) is 5.92 Å². The molecule has 1 aromatic carbocycles. The summed E-state index contributed by atoms with van der Waals surface area (Å²) in [6, 6.07) is 8.37. The van der Waals surface area contributed by atoms with Gasteiger partial charge in [-0.1, -0.05) is 50.1 Å². The first kappa shape index (κ1) is 13.9. The molecule has 1 aromatic rings. The van der Waals surface area contributed by atoms with Crippen LogP contribution in [-0.2, 0) is 5.41 Å². The molecule has 0 unspecified atom stereocenters. The van der Waals surface area contributed by atoms with E-state index in [2.05, 4.69) is 31.3 Å². The van der Waals surface area contributed by atoms with E-state index in [0.29, 0.717) is 0 Å². The Morgan fingerprint density at radius 2 is 2.00 bits per heavy atom. The molecule has 0 aromatic heterocycles. The van der Waals surface area contributed by atoms with Crippen molar-refractivity contribution in [2.24, 2.45) is 5.92 Å². The SMILES string of the molecule is CCCNCC1(c2ccccc2Cl)CC(CC)C1. The van der Waals surface area contributed by atoms with E-state index in [9.17, 15) is 0 Å². The zero-order chi connectivity index (χ0) is 13.0. The highest BCUT2D eigenvalue weighted by Crippen LogP contribution is 2.50. The molecule has 0 spiro atoms. The fourth-order valence-corrected chi connectivity index (χ4v) is 3.53. The smallest absolute Gasteiger partial charge is 0.0444 e. The lowest BCUT2D eigenvalue weighted by molar-refractivity contribution is 0.134. The van der Waals surface area contributed by atoms with Gasteiger partial charge in [0, 0.05) is 17.0 Å². The largest absolute Gasteiger partial charge is 0.316 e. The van der Waals surface area contributed by atoms with Crippen molar-refractivity contribution in [2.75, 3.05) is 13.1 Å². The maximum atomic E-state index is 6.40. The van der Waals surface area contributed by atoms with Crippen molar-refractivity contribution in [1.29, 1.82) is 0 Å². The van der Waals surface area contributed by atoms with Crippen LogP contribution in [0.4, 0.5) is 0 Å². The fourth-order valence-electron chi connectivity index (χ4n) is 3.19. The Kier molecular flexibility index (Phi) is 4.69. The standard InChI is InChI=1S/C16H24ClN/c1-3-9-18-12-16(10-13(4-2)11-16)14-7-5-6-8-15(14)17/h5-8,13,18H,3-4,9-12H2,1-2H3. The van der Waals surface area contributed by atoms with E-state index in [4.69, 9.17) is 11.6 Å². The molecule has 100 valence electrons. The summed E-state index contributed by atoms with van der Waals surface area (Å²) < 4.78 is 0. The molecule has 0 aliphatic heterocycles. The molecule has 1 nitrogen and oxygen atoms in total. The number of halogens is 1. The lowest BCUT2D eigenvalue weighted by Gasteiger charge is -2.49. The molecular formula is C16H24ClN. The summed E-state index contributed by atoms with van der Waals surface area (Å²) in [5.74, 6) is 0.879. The molecule has 2 heteroatoms. The van der Waals surface area contributed by atoms with Crippen LogP contribution in [0.1, 0.15) is 45.1 Å². The summed E-state index contributed by atoms with van der Waals surface area (Å²) in [4.78, 5) is 0. The molecule has 0 atom stereocenters. The first-order chi connectivity index (χ1) is 8.72. The summed E-state index contributed by atoms with van der Waals surface area (Å²) in [7, 11) is 0. The van der Waals surface area contributed by atoms with Crippen LogP contribution in [-0.4, -0.2) is 13.1 Å². The first-order valence-electron chi connectivity index (χ1n) is 7.17. The van der Waals surface area contributed by atoms with E-state index in [0.717, 1.165) is 24.0 Å². The van der Waals surface area contributed by atoms with Gasteiger partial charge in [0.15, 0.2) is 0 Å². The predicted molar refractivity (Wildman–Crippen MR) is 79.3 cm³/mol. The van der Waals surface area contributed by atoms with Crippen molar-refractivity contribution in [3.05, 3.63) is 34.9 Å². The molecule has 1 N–H and O–H groups in total. The lowest BCUT2D eigenvalue weighted by Crippen LogP contribution is -2.48. The Morgan fingerprint density at radius 1 is 1.28 bits per heavy atom. The van der Waals surface area contributed by atoms with Gasteiger partial charge in [0.2, 0.25) is 0 Å². The molecule has 18 heavy (non-hydrogen) atoms. The van der Waals surface area contributed by atoms with E-state index in [1.165, 1.54) is 31.2 Å². The third kappa shape index (κ3) is 2.73. The fraction of sp³-hybridized carbons (Fsp3) is 0.625. The van der Waals surface area contributed by atoms with Gasteiger partial charge in [-0.2, -0.15) is 0 Å². The van der Waals surface area contributed by atoms with Crippen molar-refractivity contribution >= 4 is 11.6 Å². The Labute approximate surface area is 116 Å². The number of nitrogens with one attached hydrogen (secondary N) is 1. The topological polar surface area (TPSA) is 12.0 Å². The first-order valence-corrected chi connectivity index (χ1v) is 7.55. The zero-order valence-electron chi connectivity index (χ0n) is 11.5. The summed E-state index contributed by atoms with van der Waals surface area (Å²) in [5.41, 5.74) is 1.63. The highest BCUT2D eigenvalue weighted by atomic mass is 35.5. The Balaban J connectivity index is 2.13. The lowest BCUT2D eigenvalue weighted by atomic mass is 9.58. The Bertz CT molecular complexity index is 382. The van der Waals surface area contributed by atoms with E-state index in [1.54, 1.807) is 0 Å². The number of benzene rings is 1. The van der Waals surface area contributed by atoms with Gasteiger partial charge >= 0.3 is 0 Å². The van der Waals surface area contributed by atoms with E-state index in [1.807, 2.05) is 12.1 Å². The van der Waals surface area contributed by atoms with Crippen molar-refractivity contribution in [1.82, 2.24) is 5.32 Å². The van der Waals surface area contributed by atoms with E-state index < -0.39 is 0 Å². The molecule has 0 radical (unpaired) electrons. The monoisotopic (exact) mass is 265 g/mol. The van der Waals surface area contributed by atoms with Gasteiger partial charge in [0.1, 0.15) is 0 Å². The molecule has 0 bridgehead atoms. The second-order valence-corrected chi connectivity index (χ2v) is 6.03. The van der Waals surface area contributed by atoms with Gasteiger partial charge in [-0.15, -0.1) is 0 Å². The van der Waals surface area contributed by atoms with Gasteiger partial charge in [0.05, 0.1) is 0 Å². The second-order valence-electron chi connectivity index (χ2n) is 5.62. The maximum absolute atomic E-state index is 6.40. The van der Waals surface area contributed by atoms with Crippen LogP contribution in [0.15, 0.2) is 24.3 Å². The minimum atomic E-state index is 0.286. The molecular weight excluding hydrogens is 242 g/mol. The molecule has 1 saturated carbocycles. The summed E-state index contributed by atoms with van der Waals surface area (Å²) in [6.45, 7) is 6.68. The Morgan fingerprint density at radius 3 is 2.61 bits per heavy atom. The average molecular weight is 266 g/mol. The average Bonchev–Trinajstić information content (AvgIpc) is 2.33. The van der Waals surface area contributed by atoms with Gasteiger partial charge in [-0.05, 0) is 43.4 Å². The van der Waals surface area contributed by atoms with Crippen LogP contribution in [0.2, 0.25) is 5.02 Å². The highest BCUT2D eigenvalue weighted by molar-refractivity contribution is 6.31. The second kappa shape index (κ2) is 6.08. The maximum Gasteiger partial charge on any atom is 0.0444 e. The molecule has 0 saturated heterocycles. The van der Waals surface area contributed by atoms with Crippen LogP contribution >= 0.6 is 11.6 Å². The van der Waals surface area contributed by atoms with Crippen molar-refractivity contribution in [2.45, 2.75) is 44.9 Å². The van der Waals surface area contributed by atoms with Crippen LogP contribution in [0.5, 0.6) is 0 Å². The van der Waals surface area contributed by atoms with Crippen molar-refractivity contribution < 1.29 is 0 Å². The summed E-state index contributed by atoms with van der Waals surface area (Å²) in [6.07, 6.45) is 5.05. The molecule has 0 amide bonds. The highest BCUT2D eigenvalue weighted by Gasteiger charge is 2.45. The number of hydrogen-bond donors (Lipinski definition) is 1. The summed E-state index contributed by atoms with van der Waals surface area (Å²) >= 11 is 6.40. The van der Waals surface area contributed by atoms with E-state index >= 15 is 0 Å². The van der Waals surface area contributed by atoms with Crippen LogP contribution in [0.3, 0.4) is 0 Å². The molecule has 1 aliphatic carbocycles. The predicted octanol–water partition coefficient (Wildman–Crippen LogP) is 4.40. The van der Waals surface area contributed by atoms with Crippen molar-refractivity contribution in [3.8, 4) is 0 Å². The minimum Gasteiger partial charge on any atom is -0.316 e. The summed E-state index contributed by atoms with van der Waals surface area (Å²) in [5, 5.41) is 4.53. The number of rotatable bonds is 6. The zero-order valence-corrected chi connectivity index (χ0v) is 12.3. The number of hydrogen-bond acceptors (Lipinski definition) is 1. The minimum absolute atomic E-state index is 0.286. The van der Waals surface area contributed by atoms with Crippen LogP contribution < -0.4 is 5.32 Å². The van der Waals surface area contributed by atoms with E-state index in [-0.39, 0.29) is 5.41 Å². The van der Waals surface area contributed by atoms with Gasteiger partial charge in [-0.3, -0.25) is 0 Å². The van der Waals surface area contributed by atoms with Gasteiger partial charge in [0.25, 0.3) is 0 Å².